The van der Waals surface area contributed by atoms with Gasteiger partial charge in [0, 0.05) is 0 Å². The molecule has 0 amide bonds. The molecule has 0 nitrogen and oxygen atoms in total. The van der Waals surface area contributed by atoms with Crippen molar-refractivity contribution in [1.29, 1.82) is 0 Å². The Bertz CT molecular complexity index is 60.0. The predicted octanol–water partition coefficient (Wildman–Crippen LogP) is 2.56. The third-order valence-electron chi connectivity index (χ3n) is 0.340. The average molecular weight is 162 g/mol. The maximum Gasteiger partial charge on any atom is 0.398 e. The van der Waals surface area contributed by atoms with Gasteiger partial charge in [-0.15, -0.1) is 0 Å². The molecule has 0 saturated carbocycles. The topological polar surface area (TPSA) is 0 Å². The Morgan fingerprint density at radius 1 is 1.38 bits per heavy atom. The molecule has 0 unspecified atom stereocenters. The zero-order valence-corrected chi connectivity index (χ0v) is 5.79. The molecule has 50 valence electrons. The van der Waals surface area contributed by atoms with Crippen LogP contribution >= 0.6 is 21.6 Å². The molecule has 0 bridgehead atoms. The highest BCUT2D eigenvalue weighted by molar-refractivity contribution is 8.76. The van der Waals surface area contributed by atoms with Crippen LogP contribution in [0.2, 0.25) is 0 Å². The second kappa shape index (κ2) is 3.50. The van der Waals surface area contributed by atoms with Gasteiger partial charge >= 0.3 is 6.18 Å². The van der Waals surface area contributed by atoms with E-state index < -0.39 is 11.9 Å². The molecule has 0 aromatic rings. The van der Waals surface area contributed by atoms with Crippen LogP contribution in [0.5, 0.6) is 0 Å². The SMILES string of the molecule is CSSCC(F)(F)F. The van der Waals surface area contributed by atoms with E-state index in [1.54, 1.807) is 6.26 Å². The van der Waals surface area contributed by atoms with Crippen molar-refractivity contribution in [2.75, 3.05) is 12.0 Å². The minimum absolute atomic E-state index is 0.756. The van der Waals surface area contributed by atoms with Crippen LogP contribution in [0.4, 0.5) is 13.2 Å². The molecule has 0 heterocycles. The van der Waals surface area contributed by atoms with E-state index in [9.17, 15) is 13.2 Å². The number of hydrogen-bond donors (Lipinski definition) is 0. The molecule has 0 aromatic carbocycles. The lowest BCUT2D eigenvalue weighted by molar-refractivity contribution is -0.104. The smallest absolute Gasteiger partial charge is 0.170 e. The van der Waals surface area contributed by atoms with Crippen LogP contribution in [0.15, 0.2) is 0 Å². The van der Waals surface area contributed by atoms with E-state index in [4.69, 9.17) is 0 Å². The van der Waals surface area contributed by atoms with Crippen molar-refractivity contribution < 1.29 is 13.2 Å². The number of rotatable bonds is 2. The highest BCUT2D eigenvalue weighted by Gasteiger charge is 2.26. The lowest BCUT2D eigenvalue weighted by atomic mass is 10.8. The van der Waals surface area contributed by atoms with E-state index >= 15 is 0 Å². The van der Waals surface area contributed by atoms with Gasteiger partial charge in [0.15, 0.2) is 0 Å². The molecule has 0 radical (unpaired) electrons. The van der Waals surface area contributed by atoms with Gasteiger partial charge in [-0.25, -0.2) is 0 Å². The van der Waals surface area contributed by atoms with E-state index in [1.165, 1.54) is 0 Å². The molecule has 0 N–H and O–H groups in total. The van der Waals surface area contributed by atoms with Gasteiger partial charge in [-0.1, -0.05) is 21.6 Å². The lowest BCUT2D eigenvalue weighted by Gasteiger charge is -2.01. The van der Waals surface area contributed by atoms with Crippen LogP contribution < -0.4 is 0 Å². The molecule has 0 aromatic heterocycles. The fourth-order valence-corrected chi connectivity index (χ4v) is 1.13. The van der Waals surface area contributed by atoms with E-state index in [0.29, 0.717) is 0 Å². The molecule has 0 saturated heterocycles. The van der Waals surface area contributed by atoms with Crippen molar-refractivity contribution in [2.24, 2.45) is 0 Å². The first-order valence-electron chi connectivity index (χ1n) is 1.78. The number of halogens is 3. The Morgan fingerprint density at radius 2 is 1.88 bits per heavy atom. The van der Waals surface area contributed by atoms with Gasteiger partial charge in [0.05, 0.1) is 5.75 Å². The molecular weight excluding hydrogens is 157 g/mol. The third kappa shape index (κ3) is 6.49. The first kappa shape index (κ1) is 8.49. The Kier molecular flexibility index (Phi) is 3.72. The summed E-state index contributed by atoms with van der Waals surface area (Å²) in [7, 11) is 1.93. The van der Waals surface area contributed by atoms with Gasteiger partial charge < -0.3 is 0 Å². The predicted molar refractivity (Wildman–Crippen MR) is 32.0 cm³/mol. The minimum atomic E-state index is -4.01. The molecule has 0 rings (SSSR count). The number of alkyl halides is 3. The van der Waals surface area contributed by atoms with E-state index in [1.807, 2.05) is 0 Å². The van der Waals surface area contributed by atoms with Crippen molar-refractivity contribution in [3.63, 3.8) is 0 Å². The monoisotopic (exact) mass is 162 g/mol. The third-order valence-corrected chi connectivity index (χ3v) is 2.08. The standard InChI is InChI=1S/C3H5F3S2/c1-7-8-2-3(4,5)6/h2H2,1H3. The normalized spacial score (nSPS) is 12.0. The maximum absolute atomic E-state index is 11.2. The van der Waals surface area contributed by atoms with Crippen LogP contribution in [0.25, 0.3) is 0 Å². The quantitative estimate of drug-likeness (QED) is 0.572. The Balaban J connectivity index is 3.11. The Morgan fingerprint density at radius 3 is 2.00 bits per heavy atom. The van der Waals surface area contributed by atoms with Gasteiger partial charge in [-0.05, 0) is 6.26 Å². The van der Waals surface area contributed by atoms with Crippen molar-refractivity contribution >= 4 is 21.6 Å². The minimum Gasteiger partial charge on any atom is -0.170 e. The van der Waals surface area contributed by atoms with E-state index in [2.05, 4.69) is 0 Å². The molecule has 0 aliphatic heterocycles. The van der Waals surface area contributed by atoms with Crippen molar-refractivity contribution in [3.05, 3.63) is 0 Å². The summed E-state index contributed by atoms with van der Waals surface area (Å²) in [4.78, 5) is 0. The summed E-state index contributed by atoms with van der Waals surface area (Å²) >= 11 is 0. The fraction of sp³-hybridized carbons (Fsp3) is 1.00. The zero-order valence-electron chi connectivity index (χ0n) is 4.16. The van der Waals surface area contributed by atoms with Crippen LogP contribution in [0.3, 0.4) is 0 Å². The summed E-state index contributed by atoms with van der Waals surface area (Å²) in [6.45, 7) is 0. The summed E-state index contributed by atoms with van der Waals surface area (Å²) in [5.41, 5.74) is 0. The van der Waals surface area contributed by atoms with Crippen molar-refractivity contribution in [1.82, 2.24) is 0 Å². The average Bonchev–Trinajstić information content (AvgIpc) is 1.59. The van der Waals surface area contributed by atoms with Gasteiger partial charge in [0.1, 0.15) is 0 Å². The molecule has 0 aliphatic rings. The molecule has 8 heavy (non-hydrogen) atoms. The lowest BCUT2D eigenvalue weighted by Crippen LogP contribution is -2.09. The summed E-state index contributed by atoms with van der Waals surface area (Å²) in [6, 6.07) is 0. The molecule has 0 aliphatic carbocycles. The second-order valence-corrected chi connectivity index (χ2v) is 3.61. The van der Waals surface area contributed by atoms with Crippen LogP contribution in [0, 0.1) is 0 Å². The summed E-state index contributed by atoms with van der Waals surface area (Å²) in [6.07, 6.45) is -2.38. The molecule has 5 heteroatoms. The molecule has 0 fully saturated rings. The van der Waals surface area contributed by atoms with E-state index in [0.717, 1.165) is 21.6 Å². The van der Waals surface area contributed by atoms with Gasteiger partial charge in [0.25, 0.3) is 0 Å². The maximum atomic E-state index is 11.2. The highest BCUT2D eigenvalue weighted by Crippen LogP contribution is 2.27. The first-order chi connectivity index (χ1) is 3.56. The highest BCUT2D eigenvalue weighted by atomic mass is 33.1. The van der Waals surface area contributed by atoms with Crippen molar-refractivity contribution in [3.8, 4) is 0 Å². The largest absolute Gasteiger partial charge is 0.398 e. The fourth-order valence-electron chi connectivity index (χ4n) is 0.126. The Labute approximate surface area is 53.6 Å². The van der Waals surface area contributed by atoms with Gasteiger partial charge in [-0.3, -0.25) is 0 Å². The summed E-state index contributed by atoms with van der Waals surface area (Å²) in [5.74, 6) is -0.756. The molecule has 0 atom stereocenters. The van der Waals surface area contributed by atoms with Crippen LogP contribution in [-0.4, -0.2) is 18.2 Å². The summed E-state index contributed by atoms with van der Waals surface area (Å²) in [5, 5.41) is 0. The van der Waals surface area contributed by atoms with Crippen LogP contribution in [0.1, 0.15) is 0 Å². The van der Waals surface area contributed by atoms with Gasteiger partial charge in [-0.2, -0.15) is 13.2 Å². The zero-order chi connectivity index (χ0) is 6.62. The summed E-state index contributed by atoms with van der Waals surface area (Å²) < 4.78 is 33.6. The second-order valence-electron chi connectivity index (χ2n) is 1.04. The van der Waals surface area contributed by atoms with Gasteiger partial charge in [0.2, 0.25) is 0 Å². The van der Waals surface area contributed by atoms with E-state index in [-0.39, 0.29) is 0 Å². The molecular formula is C3H5F3S2. The number of hydrogen-bond acceptors (Lipinski definition) is 2. The molecule has 0 spiro atoms. The first-order valence-corrected chi connectivity index (χ1v) is 4.51. The van der Waals surface area contributed by atoms with Crippen molar-refractivity contribution in [2.45, 2.75) is 6.18 Å². The Hall–Kier alpha value is 0.490. The van der Waals surface area contributed by atoms with Crippen LogP contribution in [-0.2, 0) is 0 Å².